The van der Waals surface area contributed by atoms with Crippen molar-refractivity contribution in [1.82, 2.24) is 47.9 Å². The minimum absolute atomic E-state index is 0.104. The van der Waals surface area contributed by atoms with Crippen molar-refractivity contribution in [3.05, 3.63) is 46.3 Å². The van der Waals surface area contributed by atoms with E-state index in [1.54, 1.807) is 24.3 Å². The van der Waals surface area contributed by atoms with Crippen LogP contribution in [0.3, 0.4) is 0 Å². The summed E-state index contributed by atoms with van der Waals surface area (Å²) < 4.78 is 5.36. The van der Waals surface area contributed by atoms with Gasteiger partial charge in [-0.25, -0.2) is 0 Å². The molecule has 1 rings (SSSR count). The number of carbonyl (C=O) groups is 7. The molecule has 0 unspecified atom stereocenters. The summed E-state index contributed by atoms with van der Waals surface area (Å²) in [6, 6.07) is 3.80. The van der Waals surface area contributed by atoms with Crippen LogP contribution in [0.4, 0.5) is 0 Å². The maximum Gasteiger partial charge on any atom is 0.243 e. The zero-order valence-electron chi connectivity index (χ0n) is 34.6. The molecule has 1 aromatic rings. The molecule has 15 N–H and O–H groups in total. The number of quaternary nitrogens is 2. The molecule has 0 fully saturated rings. The Bertz CT molecular complexity index is 1500. The minimum atomic E-state index is -1.54. The number of nitrogens with zero attached hydrogens (tertiary/aromatic N) is 3. The van der Waals surface area contributed by atoms with Crippen LogP contribution in [0.1, 0.15) is 45.6 Å². The van der Waals surface area contributed by atoms with Crippen molar-refractivity contribution in [2.24, 2.45) is 11.0 Å². The minimum Gasteiger partial charge on any atom is -0.379 e. The number of amides is 7. The van der Waals surface area contributed by atoms with Gasteiger partial charge in [0.15, 0.2) is 0 Å². The molecule has 4 atom stereocenters. The fourth-order valence-electron chi connectivity index (χ4n) is 5.46. The van der Waals surface area contributed by atoms with Gasteiger partial charge in [0, 0.05) is 70.6 Å². The Kier molecular flexibility index (Phi) is 27.7. The lowest BCUT2D eigenvalue weighted by Crippen LogP contribution is -2.59. The molecule has 0 spiro atoms. The molecular formula is C37H66N14O8+2. The van der Waals surface area contributed by atoms with E-state index in [-0.39, 0.29) is 58.2 Å². The first kappa shape index (κ1) is 51.6. The molecule has 0 aromatic heterocycles. The lowest BCUT2D eigenvalue weighted by atomic mass is 10.0. The van der Waals surface area contributed by atoms with E-state index in [9.17, 15) is 33.6 Å². The second-order valence-corrected chi connectivity index (χ2v) is 13.9. The van der Waals surface area contributed by atoms with Crippen LogP contribution in [0.15, 0.2) is 35.4 Å². The van der Waals surface area contributed by atoms with Crippen molar-refractivity contribution in [3.63, 3.8) is 0 Å². The number of hydrogen-bond donors (Lipinski definition) is 11. The summed E-state index contributed by atoms with van der Waals surface area (Å²) in [7, 11) is 0. The average Bonchev–Trinajstić information content (AvgIpc) is 3.19. The quantitative estimate of drug-likeness (QED) is 0.0143. The molecule has 59 heavy (non-hydrogen) atoms. The largest absolute Gasteiger partial charge is 0.379 e. The molecule has 330 valence electrons. The fourth-order valence-corrected chi connectivity index (χ4v) is 5.46. The first-order chi connectivity index (χ1) is 28.3. The van der Waals surface area contributed by atoms with Crippen molar-refractivity contribution in [3.8, 4) is 0 Å². The zero-order valence-corrected chi connectivity index (χ0v) is 34.6. The Hall–Kier alpha value is -5.38. The van der Waals surface area contributed by atoms with Gasteiger partial charge in [0.1, 0.15) is 24.2 Å². The van der Waals surface area contributed by atoms with E-state index >= 15 is 0 Å². The van der Waals surface area contributed by atoms with E-state index in [2.05, 4.69) is 69.3 Å². The second-order valence-electron chi connectivity index (χ2n) is 13.9. The van der Waals surface area contributed by atoms with E-state index in [1.807, 2.05) is 19.9 Å². The lowest BCUT2D eigenvalue weighted by molar-refractivity contribution is -0.365. The molecule has 0 aliphatic rings. The topological polar surface area (TPSA) is 341 Å². The normalized spacial score (nSPS) is 12.8. The molecular weight excluding hydrogens is 768 g/mol. The third kappa shape index (κ3) is 24.9. The Morgan fingerprint density at radius 2 is 1.19 bits per heavy atom. The highest BCUT2D eigenvalue weighted by Gasteiger charge is 2.33. The van der Waals surface area contributed by atoms with Crippen LogP contribution in [-0.2, 0) is 44.7 Å². The van der Waals surface area contributed by atoms with Gasteiger partial charge in [0.2, 0.25) is 41.4 Å². The number of carbonyl (C=O) groups excluding carboxylic acids is 7. The number of nitrogens with one attached hydrogen (secondary N) is 9. The van der Waals surface area contributed by atoms with Gasteiger partial charge in [-0.2, -0.15) is 0 Å². The Balaban J connectivity index is 3.28. The molecule has 22 nitrogen and oxygen atoms in total. The van der Waals surface area contributed by atoms with Crippen LogP contribution in [0, 0.1) is 5.92 Å². The average molecular weight is 835 g/mol. The van der Waals surface area contributed by atoms with Crippen LogP contribution in [0.5, 0.6) is 0 Å². The molecule has 0 radical (unpaired) electrons. The third-order valence-electron chi connectivity index (χ3n) is 8.26. The number of azide groups is 1. The van der Waals surface area contributed by atoms with Gasteiger partial charge in [-0.15, -0.1) is 0 Å². The zero-order chi connectivity index (χ0) is 43.8. The van der Waals surface area contributed by atoms with Gasteiger partial charge in [0.05, 0.1) is 39.1 Å². The number of ether oxygens (including phenoxy) is 1. The van der Waals surface area contributed by atoms with Crippen molar-refractivity contribution in [1.29, 1.82) is 0 Å². The van der Waals surface area contributed by atoms with Crippen molar-refractivity contribution < 1.29 is 49.8 Å². The fraction of sp³-hybridized carbons (Fsp3) is 0.649. The van der Waals surface area contributed by atoms with Crippen LogP contribution in [0.2, 0.25) is 0 Å². The van der Waals surface area contributed by atoms with Crippen LogP contribution in [-0.4, -0.2) is 144 Å². The van der Waals surface area contributed by atoms with Gasteiger partial charge in [-0.3, -0.25) is 33.6 Å². The molecule has 22 heteroatoms. The molecule has 0 aliphatic carbocycles. The van der Waals surface area contributed by atoms with Gasteiger partial charge in [-0.05, 0) is 23.4 Å². The first-order valence-corrected chi connectivity index (χ1v) is 19.9. The summed E-state index contributed by atoms with van der Waals surface area (Å²) in [5.41, 5.74) is 16.6. The summed E-state index contributed by atoms with van der Waals surface area (Å²) in [5.74, 6) is -4.84. The summed E-state index contributed by atoms with van der Waals surface area (Å²) in [6.07, 6.45) is -0.751. The highest BCUT2D eigenvalue weighted by Crippen LogP contribution is 2.09. The summed E-state index contributed by atoms with van der Waals surface area (Å²) in [6.45, 7) is 9.29. The van der Waals surface area contributed by atoms with E-state index in [0.29, 0.717) is 39.3 Å². The number of rotatable bonds is 32. The number of benzene rings is 1. The molecule has 0 bridgehead atoms. The Morgan fingerprint density at radius 3 is 1.71 bits per heavy atom. The van der Waals surface area contributed by atoms with Gasteiger partial charge in [0.25, 0.3) is 0 Å². The first-order valence-electron chi connectivity index (χ1n) is 19.9. The molecule has 0 aliphatic heterocycles. The van der Waals surface area contributed by atoms with Crippen LogP contribution < -0.4 is 59.3 Å². The van der Waals surface area contributed by atoms with E-state index < -0.39 is 78.4 Å². The highest BCUT2D eigenvalue weighted by molar-refractivity contribution is 5.98. The summed E-state index contributed by atoms with van der Waals surface area (Å²) in [5, 5.41) is 28.0. The molecule has 1 aromatic carbocycles. The smallest absolute Gasteiger partial charge is 0.243 e. The molecule has 0 saturated heterocycles. The van der Waals surface area contributed by atoms with E-state index in [1.165, 1.54) is 6.92 Å². The van der Waals surface area contributed by atoms with Crippen molar-refractivity contribution in [2.45, 2.75) is 70.6 Å². The number of hydrogen-bond acceptors (Lipinski definition) is 11. The van der Waals surface area contributed by atoms with Gasteiger partial charge >= 0.3 is 0 Å². The van der Waals surface area contributed by atoms with Gasteiger partial charge < -0.3 is 64.1 Å². The Morgan fingerprint density at radius 1 is 0.661 bits per heavy atom. The summed E-state index contributed by atoms with van der Waals surface area (Å²) >= 11 is 0. The molecule has 0 saturated carbocycles. The maximum absolute atomic E-state index is 14.0. The van der Waals surface area contributed by atoms with Crippen molar-refractivity contribution >= 4 is 41.4 Å². The van der Waals surface area contributed by atoms with E-state index in [4.69, 9.17) is 10.3 Å². The monoisotopic (exact) mass is 835 g/mol. The third-order valence-corrected chi connectivity index (χ3v) is 8.26. The second kappa shape index (κ2) is 31.6. The molecule has 7 amide bonds. The highest BCUT2D eigenvalue weighted by atomic mass is 16.5. The summed E-state index contributed by atoms with van der Waals surface area (Å²) in [4.78, 5) is 95.5. The maximum atomic E-state index is 14.0. The van der Waals surface area contributed by atoms with Crippen LogP contribution in [0.25, 0.3) is 10.4 Å². The SMILES string of the molecule is CC(=O)N[C@H](CC(=O)NCCNCC[NH3+])C(=O)N[C@@H](CC(=O)NCCNCC[NH3+])C(=O)N[C@H](CC(C)C)C(=O)N[C@@H](Cc1ccccc1)C(=O)NCCOCCN=[N+]=[N-]. The van der Waals surface area contributed by atoms with E-state index in [0.717, 1.165) is 5.56 Å². The predicted octanol–water partition coefficient (Wildman–Crippen LogP) is -4.65. The predicted molar refractivity (Wildman–Crippen MR) is 217 cm³/mol. The van der Waals surface area contributed by atoms with Crippen LogP contribution >= 0.6 is 0 Å². The van der Waals surface area contributed by atoms with Crippen molar-refractivity contribution in [2.75, 3.05) is 78.7 Å². The molecule has 0 heterocycles. The Labute approximate surface area is 345 Å². The standard InChI is InChI=1S/C37H64N14O8/c1-25(2)21-28(35(56)49-29(22-27-7-5-4-6-8-27)34(55)45-17-19-59-20-18-46-51-40)48-37(58)31(24-33(54)44-16-14-42-12-10-39)50-36(57)30(47-26(3)52)23-32(53)43-15-13-41-11-9-38/h4-8,25,28-31,41-42H,9-24,38-39H2,1-3H3,(H,43,53)(H,44,54)(H,45,55)(H,47,52)(H,48,58)(H,49,56)(H,50,57)/p+2/t28-,29+,30-,31+/m1/s1. The van der Waals surface area contributed by atoms with Gasteiger partial charge in [-0.1, -0.05) is 49.3 Å². The lowest BCUT2D eigenvalue weighted by Gasteiger charge is -2.27.